The van der Waals surface area contributed by atoms with Crippen molar-refractivity contribution in [2.75, 3.05) is 19.0 Å². The number of anilines is 1. The highest BCUT2D eigenvalue weighted by Crippen LogP contribution is 2.20. The van der Waals surface area contributed by atoms with Gasteiger partial charge in [-0.25, -0.2) is 9.18 Å². The van der Waals surface area contributed by atoms with Crippen LogP contribution in [0.4, 0.5) is 10.1 Å². The van der Waals surface area contributed by atoms with Gasteiger partial charge in [-0.2, -0.15) is 0 Å². The Bertz CT molecular complexity index is 779. The van der Waals surface area contributed by atoms with Crippen molar-refractivity contribution < 1.29 is 23.5 Å². The molecule has 0 aromatic heterocycles. The van der Waals surface area contributed by atoms with Crippen molar-refractivity contribution in [1.29, 1.82) is 0 Å². The lowest BCUT2D eigenvalue weighted by Crippen LogP contribution is -2.21. The van der Waals surface area contributed by atoms with Crippen LogP contribution in [0.5, 0.6) is 5.75 Å². The summed E-state index contributed by atoms with van der Waals surface area (Å²) in [6, 6.07) is 9.04. The minimum absolute atomic E-state index is 0.0104. The highest BCUT2D eigenvalue weighted by molar-refractivity contribution is 9.10. The summed E-state index contributed by atoms with van der Waals surface area (Å²) in [5.41, 5.74) is 1.15. The van der Waals surface area contributed by atoms with Crippen LogP contribution in [-0.4, -0.2) is 25.6 Å². The first-order valence-corrected chi connectivity index (χ1v) is 7.76. The number of benzene rings is 2. The third-order valence-corrected chi connectivity index (χ3v) is 3.68. The molecular weight excluding hydrogens is 381 g/mol. The smallest absolute Gasteiger partial charge is 0.338 e. The molecule has 0 atom stereocenters. The van der Waals surface area contributed by atoms with Crippen LogP contribution in [0.25, 0.3) is 0 Å². The van der Waals surface area contributed by atoms with E-state index in [0.717, 1.165) is 5.56 Å². The van der Waals surface area contributed by atoms with Crippen molar-refractivity contribution in [2.45, 2.75) is 6.92 Å². The van der Waals surface area contributed by atoms with Crippen molar-refractivity contribution in [3.63, 3.8) is 0 Å². The lowest BCUT2D eigenvalue weighted by Gasteiger charge is -2.09. The molecule has 0 aliphatic heterocycles. The quantitative estimate of drug-likeness (QED) is 0.783. The first-order chi connectivity index (χ1) is 11.4. The van der Waals surface area contributed by atoms with E-state index >= 15 is 0 Å². The van der Waals surface area contributed by atoms with Gasteiger partial charge < -0.3 is 14.8 Å². The maximum atomic E-state index is 13.6. The second kappa shape index (κ2) is 7.92. The van der Waals surface area contributed by atoms with E-state index in [0.29, 0.717) is 10.2 Å². The zero-order valence-corrected chi connectivity index (χ0v) is 14.6. The van der Waals surface area contributed by atoms with E-state index in [1.165, 1.54) is 25.3 Å². The molecule has 1 N–H and O–H groups in total. The summed E-state index contributed by atoms with van der Waals surface area (Å²) >= 11 is 3.12. The lowest BCUT2D eigenvalue weighted by molar-refractivity contribution is -0.119. The number of ether oxygens (including phenoxy) is 2. The Morgan fingerprint density at radius 3 is 2.62 bits per heavy atom. The summed E-state index contributed by atoms with van der Waals surface area (Å²) < 4.78 is 24.2. The predicted molar refractivity (Wildman–Crippen MR) is 90.7 cm³/mol. The Morgan fingerprint density at radius 1 is 1.21 bits per heavy atom. The van der Waals surface area contributed by atoms with Gasteiger partial charge in [0.15, 0.2) is 6.61 Å². The third kappa shape index (κ3) is 4.55. The molecule has 0 fully saturated rings. The van der Waals surface area contributed by atoms with Gasteiger partial charge in [-0.15, -0.1) is 0 Å². The molecule has 2 rings (SSSR count). The van der Waals surface area contributed by atoms with Crippen LogP contribution >= 0.6 is 15.9 Å². The van der Waals surface area contributed by atoms with E-state index in [1.807, 2.05) is 6.92 Å². The van der Waals surface area contributed by atoms with Crippen LogP contribution in [0.3, 0.4) is 0 Å². The Balaban J connectivity index is 1.95. The van der Waals surface area contributed by atoms with E-state index < -0.39 is 24.3 Å². The molecule has 2 aromatic rings. The van der Waals surface area contributed by atoms with Crippen molar-refractivity contribution in [2.24, 2.45) is 0 Å². The predicted octanol–water partition coefficient (Wildman–Crippen LogP) is 3.70. The van der Waals surface area contributed by atoms with Gasteiger partial charge in [-0.05, 0) is 42.8 Å². The van der Waals surface area contributed by atoms with Crippen molar-refractivity contribution in [3.05, 3.63) is 57.8 Å². The molecule has 0 saturated carbocycles. The number of carbonyl (C=O) groups excluding carboxylic acids is 2. The summed E-state index contributed by atoms with van der Waals surface area (Å²) in [6.07, 6.45) is 0. The third-order valence-electron chi connectivity index (χ3n) is 3.18. The Hall–Kier alpha value is -2.41. The summed E-state index contributed by atoms with van der Waals surface area (Å²) in [4.78, 5) is 23.7. The van der Waals surface area contributed by atoms with Gasteiger partial charge >= 0.3 is 5.97 Å². The Kier molecular flexibility index (Phi) is 5.92. The number of aryl methyl sites for hydroxylation is 1. The summed E-state index contributed by atoms with van der Waals surface area (Å²) in [5, 5.41) is 2.34. The fourth-order valence-electron chi connectivity index (χ4n) is 1.94. The molecule has 5 nitrogen and oxygen atoms in total. The fraction of sp³-hybridized carbons (Fsp3) is 0.176. The van der Waals surface area contributed by atoms with Crippen LogP contribution in [-0.2, 0) is 9.53 Å². The molecule has 0 unspecified atom stereocenters. The number of esters is 1. The molecule has 0 saturated heterocycles. The minimum Gasteiger partial charge on any atom is -0.496 e. The highest BCUT2D eigenvalue weighted by Gasteiger charge is 2.13. The molecule has 24 heavy (non-hydrogen) atoms. The average Bonchev–Trinajstić information content (AvgIpc) is 2.55. The number of nitrogens with one attached hydrogen (secondary N) is 1. The fourth-order valence-corrected chi connectivity index (χ4v) is 2.27. The summed E-state index contributed by atoms with van der Waals surface area (Å²) in [7, 11) is 1.50. The maximum Gasteiger partial charge on any atom is 0.338 e. The summed E-state index contributed by atoms with van der Waals surface area (Å²) in [6.45, 7) is 1.32. The lowest BCUT2D eigenvalue weighted by atomic mass is 10.1. The molecule has 0 heterocycles. The van der Waals surface area contributed by atoms with Crippen LogP contribution in [0, 0.1) is 12.7 Å². The normalized spacial score (nSPS) is 10.2. The number of hydrogen-bond acceptors (Lipinski definition) is 4. The maximum absolute atomic E-state index is 13.6. The largest absolute Gasteiger partial charge is 0.496 e. The molecule has 1 amide bonds. The van der Waals surface area contributed by atoms with E-state index in [-0.39, 0.29) is 11.3 Å². The van der Waals surface area contributed by atoms with Crippen LogP contribution < -0.4 is 10.1 Å². The van der Waals surface area contributed by atoms with Crippen molar-refractivity contribution >= 4 is 33.5 Å². The molecule has 2 aromatic carbocycles. The number of carbonyl (C=O) groups is 2. The van der Waals surface area contributed by atoms with Gasteiger partial charge in [-0.1, -0.05) is 22.0 Å². The molecule has 0 bridgehead atoms. The molecule has 0 spiro atoms. The zero-order valence-electron chi connectivity index (χ0n) is 13.1. The van der Waals surface area contributed by atoms with Gasteiger partial charge in [0.05, 0.1) is 18.4 Å². The molecule has 0 radical (unpaired) electrons. The van der Waals surface area contributed by atoms with E-state index in [9.17, 15) is 14.0 Å². The first kappa shape index (κ1) is 17.9. The van der Waals surface area contributed by atoms with Crippen molar-refractivity contribution in [1.82, 2.24) is 0 Å². The number of halogens is 2. The average molecular weight is 396 g/mol. The van der Waals surface area contributed by atoms with E-state index in [2.05, 4.69) is 21.2 Å². The van der Waals surface area contributed by atoms with Crippen LogP contribution in [0.15, 0.2) is 40.9 Å². The number of methoxy groups -OCH3 is 1. The second-order valence-corrected chi connectivity index (χ2v) is 5.85. The highest BCUT2D eigenvalue weighted by atomic mass is 79.9. The molecular formula is C17H15BrFNO4. The van der Waals surface area contributed by atoms with Gasteiger partial charge in [0.2, 0.25) is 0 Å². The zero-order chi connectivity index (χ0) is 17.7. The summed E-state index contributed by atoms with van der Waals surface area (Å²) in [5.74, 6) is -1.35. The Morgan fingerprint density at radius 2 is 1.96 bits per heavy atom. The molecule has 7 heteroatoms. The number of rotatable bonds is 5. The van der Waals surface area contributed by atoms with Crippen LogP contribution in [0.2, 0.25) is 0 Å². The van der Waals surface area contributed by atoms with Gasteiger partial charge in [0.25, 0.3) is 5.91 Å². The van der Waals surface area contributed by atoms with Crippen molar-refractivity contribution in [3.8, 4) is 5.75 Å². The van der Waals surface area contributed by atoms with E-state index in [1.54, 1.807) is 18.2 Å². The first-order valence-electron chi connectivity index (χ1n) is 6.97. The number of hydrogen-bond donors (Lipinski definition) is 1. The van der Waals surface area contributed by atoms with Gasteiger partial charge in [-0.3, -0.25) is 4.79 Å². The molecule has 126 valence electrons. The number of amides is 1. The minimum atomic E-state index is -0.667. The van der Waals surface area contributed by atoms with E-state index in [4.69, 9.17) is 9.47 Å². The monoisotopic (exact) mass is 395 g/mol. The molecule has 0 aliphatic carbocycles. The standard InChI is InChI=1S/C17H15BrFNO4/c1-10-3-4-11(7-15(10)23-2)17(22)24-9-16(21)20-14-6-5-12(18)8-13(14)19/h3-8H,9H2,1-2H3,(H,20,21). The van der Waals surface area contributed by atoms with Gasteiger partial charge in [0.1, 0.15) is 11.6 Å². The topological polar surface area (TPSA) is 64.6 Å². The van der Waals surface area contributed by atoms with Gasteiger partial charge in [0, 0.05) is 4.47 Å². The molecule has 0 aliphatic rings. The second-order valence-electron chi connectivity index (χ2n) is 4.93. The SMILES string of the molecule is COc1cc(C(=O)OCC(=O)Nc2ccc(Br)cc2F)ccc1C. The Labute approximate surface area is 146 Å². The van der Waals surface area contributed by atoms with Crippen LogP contribution in [0.1, 0.15) is 15.9 Å².